The fraction of sp³-hybridized carbons (Fsp3) is 0.929. The van der Waals surface area contributed by atoms with Gasteiger partial charge in [-0.3, -0.25) is 4.79 Å². The summed E-state index contributed by atoms with van der Waals surface area (Å²) in [5.41, 5.74) is 6.03. The summed E-state index contributed by atoms with van der Waals surface area (Å²) in [6.07, 6.45) is 8.00. The molecule has 2 atom stereocenters. The van der Waals surface area contributed by atoms with Crippen molar-refractivity contribution >= 4 is 5.78 Å². The Morgan fingerprint density at radius 2 is 2.29 bits per heavy atom. The number of nitrogens with two attached hydrogens (primary N) is 1. The largest absolute Gasteiger partial charge is 0.375 e. The molecule has 98 valence electrons. The highest BCUT2D eigenvalue weighted by Gasteiger charge is 2.44. The number of hydrogen-bond donors (Lipinski definition) is 1. The van der Waals surface area contributed by atoms with E-state index < -0.39 is 0 Å². The molecule has 1 aliphatic heterocycles. The van der Waals surface area contributed by atoms with E-state index in [1.807, 2.05) is 0 Å². The van der Waals surface area contributed by atoms with Crippen molar-refractivity contribution in [2.75, 3.05) is 6.61 Å². The van der Waals surface area contributed by atoms with Gasteiger partial charge in [-0.25, -0.2) is 0 Å². The van der Waals surface area contributed by atoms with Crippen LogP contribution in [-0.2, 0) is 9.53 Å². The topological polar surface area (TPSA) is 52.3 Å². The molecule has 2 fully saturated rings. The Hall–Kier alpha value is -0.410. The molecule has 2 aliphatic rings. The van der Waals surface area contributed by atoms with E-state index in [1.165, 1.54) is 6.42 Å². The summed E-state index contributed by atoms with van der Waals surface area (Å²) in [5, 5.41) is 0. The minimum absolute atomic E-state index is 0.0627. The van der Waals surface area contributed by atoms with Crippen LogP contribution in [0, 0.1) is 5.92 Å². The van der Waals surface area contributed by atoms with Crippen LogP contribution in [0.25, 0.3) is 0 Å². The van der Waals surface area contributed by atoms with Gasteiger partial charge in [-0.2, -0.15) is 0 Å². The lowest BCUT2D eigenvalue weighted by Crippen LogP contribution is -2.47. The molecule has 3 nitrogen and oxygen atoms in total. The third-order valence-electron chi connectivity index (χ3n) is 4.34. The van der Waals surface area contributed by atoms with Crippen molar-refractivity contribution < 1.29 is 9.53 Å². The molecular formula is C14H25NO2. The van der Waals surface area contributed by atoms with E-state index in [9.17, 15) is 4.79 Å². The molecule has 1 saturated heterocycles. The van der Waals surface area contributed by atoms with Crippen LogP contribution in [0.5, 0.6) is 0 Å². The van der Waals surface area contributed by atoms with Crippen molar-refractivity contribution in [1.82, 2.24) is 0 Å². The van der Waals surface area contributed by atoms with E-state index in [4.69, 9.17) is 10.5 Å². The van der Waals surface area contributed by atoms with Crippen LogP contribution in [0.15, 0.2) is 0 Å². The summed E-state index contributed by atoms with van der Waals surface area (Å²) >= 11 is 0. The van der Waals surface area contributed by atoms with Gasteiger partial charge in [0.15, 0.2) is 0 Å². The molecule has 2 rings (SSSR count). The molecule has 0 bridgehead atoms. The highest BCUT2D eigenvalue weighted by atomic mass is 16.5. The molecule has 0 aromatic heterocycles. The first-order valence-electron chi connectivity index (χ1n) is 7.07. The number of carbonyl (C=O) groups excluding carboxylic acids is 1. The maximum absolute atomic E-state index is 12.2. The summed E-state index contributed by atoms with van der Waals surface area (Å²) in [4.78, 5) is 12.2. The predicted octanol–water partition coefficient (Wildman–Crippen LogP) is 2.42. The second-order valence-corrected chi connectivity index (χ2v) is 5.79. The number of ether oxygens (including phenoxy) is 1. The van der Waals surface area contributed by atoms with E-state index in [0.29, 0.717) is 12.2 Å². The Balaban J connectivity index is 1.82. The van der Waals surface area contributed by atoms with E-state index in [0.717, 1.165) is 45.1 Å². The fourth-order valence-electron chi connectivity index (χ4n) is 3.12. The molecule has 2 unspecified atom stereocenters. The fourth-order valence-corrected chi connectivity index (χ4v) is 3.12. The number of rotatable bonds is 5. The first-order chi connectivity index (χ1) is 8.15. The Kier molecular flexibility index (Phi) is 4.21. The van der Waals surface area contributed by atoms with Crippen LogP contribution in [-0.4, -0.2) is 24.0 Å². The van der Waals surface area contributed by atoms with Gasteiger partial charge in [-0.05, 0) is 38.5 Å². The molecule has 1 saturated carbocycles. The third-order valence-corrected chi connectivity index (χ3v) is 4.34. The Labute approximate surface area is 104 Å². The number of hydrogen-bond acceptors (Lipinski definition) is 3. The molecule has 0 amide bonds. The Morgan fingerprint density at radius 3 is 2.88 bits per heavy atom. The maximum atomic E-state index is 12.2. The summed E-state index contributed by atoms with van der Waals surface area (Å²) in [6.45, 7) is 2.88. The molecule has 1 aliphatic carbocycles. The quantitative estimate of drug-likeness (QED) is 0.801. The highest BCUT2D eigenvalue weighted by Crippen LogP contribution is 2.44. The van der Waals surface area contributed by atoms with Crippen LogP contribution >= 0.6 is 0 Å². The van der Waals surface area contributed by atoms with Crippen molar-refractivity contribution in [1.29, 1.82) is 0 Å². The second kappa shape index (κ2) is 5.49. The minimum atomic E-state index is 0.0627. The Bertz CT molecular complexity index is 273. The van der Waals surface area contributed by atoms with Crippen LogP contribution < -0.4 is 5.73 Å². The molecule has 17 heavy (non-hydrogen) atoms. The first-order valence-corrected chi connectivity index (χ1v) is 7.07. The van der Waals surface area contributed by atoms with E-state index in [1.54, 1.807) is 0 Å². The summed E-state index contributed by atoms with van der Waals surface area (Å²) in [5.74, 6) is 0.590. The Morgan fingerprint density at radius 1 is 1.53 bits per heavy atom. The van der Waals surface area contributed by atoms with Crippen molar-refractivity contribution in [2.24, 2.45) is 11.7 Å². The average Bonchev–Trinajstić information content (AvgIpc) is 2.27. The molecule has 1 heterocycles. The summed E-state index contributed by atoms with van der Waals surface area (Å²) < 4.78 is 5.85. The zero-order chi connectivity index (χ0) is 12.3. The molecule has 1 spiro atoms. The van der Waals surface area contributed by atoms with Crippen LogP contribution in [0.1, 0.15) is 58.3 Å². The molecule has 0 aromatic rings. The molecule has 2 N–H and O–H groups in total. The smallest absolute Gasteiger partial charge is 0.137 e. The normalized spacial score (nSPS) is 28.7. The lowest BCUT2D eigenvalue weighted by Gasteiger charge is -2.47. The lowest BCUT2D eigenvalue weighted by molar-refractivity contribution is -0.155. The van der Waals surface area contributed by atoms with E-state index in [-0.39, 0.29) is 17.6 Å². The summed E-state index contributed by atoms with van der Waals surface area (Å²) in [6, 6.07) is 0.0627. The monoisotopic (exact) mass is 239 g/mol. The van der Waals surface area contributed by atoms with Crippen LogP contribution in [0.4, 0.5) is 0 Å². The number of carbonyl (C=O) groups is 1. The minimum Gasteiger partial charge on any atom is -0.375 e. The van der Waals surface area contributed by atoms with Gasteiger partial charge in [0.2, 0.25) is 0 Å². The van der Waals surface area contributed by atoms with Crippen LogP contribution in [0.2, 0.25) is 0 Å². The lowest BCUT2D eigenvalue weighted by atomic mass is 9.70. The first kappa shape index (κ1) is 13.0. The van der Waals surface area contributed by atoms with Crippen LogP contribution in [0.3, 0.4) is 0 Å². The van der Waals surface area contributed by atoms with Gasteiger partial charge >= 0.3 is 0 Å². The number of ketones is 1. The van der Waals surface area contributed by atoms with Gasteiger partial charge in [0.25, 0.3) is 0 Å². The van der Waals surface area contributed by atoms with Crippen molar-refractivity contribution in [3.63, 3.8) is 0 Å². The van der Waals surface area contributed by atoms with Crippen molar-refractivity contribution in [3.05, 3.63) is 0 Å². The van der Waals surface area contributed by atoms with Gasteiger partial charge in [-0.1, -0.05) is 13.3 Å². The number of Topliss-reactive ketones (excluding diaryl/α,β-unsaturated/α-hetero) is 1. The molecule has 3 heteroatoms. The van der Waals surface area contributed by atoms with Crippen molar-refractivity contribution in [3.8, 4) is 0 Å². The average molecular weight is 239 g/mol. The van der Waals surface area contributed by atoms with E-state index in [2.05, 4.69) is 6.92 Å². The zero-order valence-corrected chi connectivity index (χ0v) is 10.9. The maximum Gasteiger partial charge on any atom is 0.137 e. The highest BCUT2D eigenvalue weighted by molar-refractivity contribution is 5.81. The molecular weight excluding hydrogens is 214 g/mol. The van der Waals surface area contributed by atoms with Gasteiger partial charge in [0, 0.05) is 25.0 Å². The molecule has 0 aromatic carbocycles. The standard InChI is InChI=1S/C14H25NO2/c1-2-4-12(15)9-13(16)11-5-8-17-14(10-11)6-3-7-14/h11-12H,2-10,15H2,1H3. The van der Waals surface area contributed by atoms with Gasteiger partial charge < -0.3 is 10.5 Å². The van der Waals surface area contributed by atoms with Gasteiger partial charge in [-0.15, -0.1) is 0 Å². The predicted molar refractivity (Wildman–Crippen MR) is 67.8 cm³/mol. The summed E-state index contributed by atoms with van der Waals surface area (Å²) in [7, 11) is 0. The van der Waals surface area contributed by atoms with Gasteiger partial charge in [0.1, 0.15) is 5.78 Å². The second-order valence-electron chi connectivity index (χ2n) is 5.79. The molecule has 0 radical (unpaired) electrons. The third kappa shape index (κ3) is 3.08. The van der Waals surface area contributed by atoms with Crippen molar-refractivity contribution in [2.45, 2.75) is 69.9 Å². The van der Waals surface area contributed by atoms with E-state index >= 15 is 0 Å². The van der Waals surface area contributed by atoms with Gasteiger partial charge in [0.05, 0.1) is 5.60 Å². The SMILES string of the molecule is CCCC(N)CC(=O)C1CCOC2(CCC2)C1. The zero-order valence-electron chi connectivity index (χ0n) is 10.9.